The van der Waals surface area contributed by atoms with Gasteiger partial charge in [-0.3, -0.25) is 0 Å². The van der Waals surface area contributed by atoms with E-state index in [0.717, 1.165) is 29.1 Å². The number of nitrogens with zero attached hydrogens (tertiary/aromatic N) is 4. The lowest BCUT2D eigenvalue weighted by Gasteiger charge is -2.19. The van der Waals surface area contributed by atoms with E-state index in [4.69, 9.17) is 0 Å². The number of alkyl halides is 3. The highest BCUT2D eigenvalue weighted by Crippen LogP contribution is 2.40. The van der Waals surface area contributed by atoms with Crippen LogP contribution in [0.5, 0.6) is 0 Å². The van der Waals surface area contributed by atoms with Crippen molar-refractivity contribution in [3.05, 3.63) is 102 Å². The first-order valence-corrected chi connectivity index (χ1v) is 9.83. The molecular weight excluding hydrogens is 417 g/mol. The number of benzene rings is 2. The number of rotatable bonds is 4. The van der Waals surface area contributed by atoms with E-state index < -0.39 is 17.8 Å². The summed E-state index contributed by atoms with van der Waals surface area (Å²) < 4.78 is 39.1. The van der Waals surface area contributed by atoms with E-state index in [0.29, 0.717) is 17.2 Å². The van der Waals surface area contributed by atoms with Gasteiger partial charge < -0.3 is 5.32 Å². The zero-order valence-corrected chi connectivity index (χ0v) is 16.6. The quantitative estimate of drug-likeness (QED) is 0.601. The van der Waals surface area contributed by atoms with Crippen LogP contribution in [0.15, 0.2) is 89.8 Å². The van der Waals surface area contributed by atoms with E-state index in [1.807, 2.05) is 36.4 Å². The van der Waals surface area contributed by atoms with Crippen molar-refractivity contribution >= 4 is 23.4 Å². The van der Waals surface area contributed by atoms with E-state index in [-0.39, 0.29) is 0 Å². The van der Waals surface area contributed by atoms with Gasteiger partial charge in [0, 0.05) is 23.7 Å². The zero-order chi connectivity index (χ0) is 22.1. The van der Waals surface area contributed by atoms with E-state index in [1.165, 1.54) is 12.1 Å². The highest BCUT2D eigenvalue weighted by molar-refractivity contribution is 5.81. The molecule has 1 aromatic heterocycles. The number of anilines is 2. The molecule has 0 saturated carbocycles. The summed E-state index contributed by atoms with van der Waals surface area (Å²) >= 11 is 0. The van der Waals surface area contributed by atoms with E-state index in [9.17, 15) is 13.2 Å². The Balaban J connectivity index is 1.53. The maximum Gasteiger partial charge on any atom is 0.416 e. The van der Waals surface area contributed by atoms with Crippen LogP contribution in [0.1, 0.15) is 22.9 Å². The normalized spacial score (nSPS) is 17.6. The summed E-state index contributed by atoms with van der Waals surface area (Å²) in [5, 5.41) is 9.07. The third-order valence-corrected chi connectivity index (χ3v) is 5.10. The molecule has 2 N–H and O–H groups in total. The van der Waals surface area contributed by atoms with Crippen LogP contribution in [0.4, 0.5) is 24.8 Å². The Morgan fingerprint density at radius 1 is 0.969 bits per heavy atom. The molecule has 0 aliphatic carbocycles. The molecule has 3 aromatic rings. The average Bonchev–Trinajstić information content (AvgIpc) is 3.19. The molecule has 1 atom stereocenters. The monoisotopic (exact) mass is 434 g/mol. The second kappa shape index (κ2) is 7.93. The standard InChI is InChI=1S/C23H17F3N6/c24-23(25,26)16-10-8-15(9-11-16)21-20(19-7-4-13-28-32(19)31-21)18-12-14-27-22(30-18)29-17-5-2-1-3-6-17/h1-14,21,31H,(H,27,29,30). The molecule has 3 heterocycles. The Morgan fingerprint density at radius 2 is 1.75 bits per heavy atom. The Bertz CT molecular complexity index is 1220. The van der Waals surface area contributed by atoms with Crippen LogP contribution in [0.2, 0.25) is 0 Å². The van der Waals surface area contributed by atoms with Crippen molar-refractivity contribution in [1.29, 1.82) is 0 Å². The third kappa shape index (κ3) is 3.85. The molecule has 32 heavy (non-hydrogen) atoms. The number of aromatic nitrogens is 2. The fourth-order valence-electron chi connectivity index (χ4n) is 3.62. The van der Waals surface area contributed by atoms with Crippen molar-refractivity contribution in [1.82, 2.24) is 20.5 Å². The molecule has 6 nitrogen and oxygen atoms in total. The van der Waals surface area contributed by atoms with Crippen LogP contribution >= 0.6 is 0 Å². The first-order chi connectivity index (χ1) is 15.5. The predicted octanol–water partition coefficient (Wildman–Crippen LogP) is 5.07. The number of allylic oxidation sites excluding steroid dienone is 2. The Morgan fingerprint density at radius 3 is 2.50 bits per heavy atom. The van der Waals surface area contributed by atoms with Gasteiger partial charge in [-0.2, -0.15) is 23.4 Å². The Labute approximate surface area is 181 Å². The minimum atomic E-state index is -4.39. The summed E-state index contributed by atoms with van der Waals surface area (Å²) in [6.45, 7) is 0. The van der Waals surface area contributed by atoms with Gasteiger partial charge in [-0.25, -0.2) is 15.4 Å². The molecule has 1 unspecified atom stereocenters. The number of fused-ring (bicyclic) bond motifs is 1. The number of hydrazine groups is 1. The number of nitrogens with one attached hydrogen (secondary N) is 2. The Kier molecular flexibility index (Phi) is 4.95. The van der Waals surface area contributed by atoms with Crippen molar-refractivity contribution in [3.63, 3.8) is 0 Å². The molecule has 9 heteroatoms. The van der Waals surface area contributed by atoms with Crippen molar-refractivity contribution in [3.8, 4) is 0 Å². The minimum absolute atomic E-state index is 0.412. The summed E-state index contributed by atoms with van der Waals surface area (Å²) in [4.78, 5) is 8.96. The summed E-state index contributed by atoms with van der Waals surface area (Å²) in [6.07, 6.45) is 2.56. The van der Waals surface area contributed by atoms with Crippen LogP contribution in [0.25, 0.3) is 5.57 Å². The lowest BCUT2D eigenvalue weighted by Crippen LogP contribution is -2.29. The highest BCUT2D eigenvalue weighted by Gasteiger charge is 2.35. The number of halogens is 3. The van der Waals surface area contributed by atoms with Crippen molar-refractivity contribution in [2.24, 2.45) is 5.10 Å². The van der Waals surface area contributed by atoms with Gasteiger partial charge in [0.25, 0.3) is 0 Å². The lowest BCUT2D eigenvalue weighted by molar-refractivity contribution is -0.137. The first kappa shape index (κ1) is 20.0. The molecule has 5 rings (SSSR count). The number of hydrazone groups is 1. The molecule has 0 amide bonds. The SMILES string of the molecule is FC(F)(F)c1ccc(C2NN3N=CC=CC3=C2c2ccnc(Nc3ccccc3)n2)cc1. The second-order valence-electron chi connectivity index (χ2n) is 7.17. The number of hydrogen-bond donors (Lipinski definition) is 2. The maximum atomic E-state index is 13.0. The van der Waals surface area contributed by atoms with Gasteiger partial charge in [0.1, 0.15) is 0 Å². The molecule has 2 aliphatic heterocycles. The molecule has 2 aromatic carbocycles. The smallest absolute Gasteiger partial charge is 0.324 e. The fourth-order valence-corrected chi connectivity index (χ4v) is 3.62. The highest BCUT2D eigenvalue weighted by atomic mass is 19.4. The maximum absolute atomic E-state index is 13.0. The molecule has 2 aliphatic rings. The molecule has 0 bridgehead atoms. The van der Waals surface area contributed by atoms with Gasteiger partial charge in [0.05, 0.1) is 23.0 Å². The van der Waals surface area contributed by atoms with Crippen molar-refractivity contribution in [2.45, 2.75) is 12.2 Å². The van der Waals surface area contributed by atoms with E-state index in [1.54, 1.807) is 29.7 Å². The first-order valence-electron chi connectivity index (χ1n) is 9.83. The van der Waals surface area contributed by atoms with Crippen LogP contribution < -0.4 is 10.7 Å². The van der Waals surface area contributed by atoms with Gasteiger partial charge >= 0.3 is 6.18 Å². The van der Waals surface area contributed by atoms with Crippen LogP contribution in [-0.2, 0) is 6.18 Å². The van der Waals surface area contributed by atoms with Gasteiger partial charge in [-0.05, 0) is 48.0 Å². The summed E-state index contributed by atoms with van der Waals surface area (Å²) in [6, 6.07) is 16.0. The van der Waals surface area contributed by atoms with Crippen molar-refractivity contribution < 1.29 is 13.2 Å². The van der Waals surface area contributed by atoms with Crippen LogP contribution in [-0.4, -0.2) is 21.3 Å². The van der Waals surface area contributed by atoms with Crippen LogP contribution in [0.3, 0.4) is 0 Å². The summed E-state index contributed by atoms with van der Waals surface area (Å²) in [5.74, 6) is 0.412. The zero-order valence-electron chi connectivity index (χ0n) is 16.6. The van der Waals surface area contributed by atoms with E-state index >= 15 is 0 Å². The predicted molar refractivity (Wildman–Crippen MR) is 115 cm³/mol. The Hall–Kier alpha value is -3.98. The van der Waals surface area contributed by atoms with Gasteiger partial charge in [0.15, 0.2) is 0 Å². The van der Waals surface area contributed by atoms with Gasteiger partial charge in [-0.1, -0.05) is 30.3 Å². The van der Waals surface area contributed by atoms with E-state index in [2.05, 4.69) is 25.8 Å². The summed E-state index contributed by atoms with van der Waals surface area (Å²) in [5.41, 5.74) is 6.23. The topological polar surface area (TPSA) is 65.4 Å². The van der Waals surface area contributed by atoms with Gasteiger partial charge in [0.2, 0.25) is 5.95 Å². The molecule has 0 spiro atoms. The molecule has 0 radical (unpaired) electrons. The number of hydrogen-bond acceptors (Lipinski definition) is 6. The van der Waals surface area contributed by atoms with Crippen LogP contribution in [0, 0.1) is 0 Å². The second-order valence-corrected chi connectivity index (χ2v) is 7.17. The lowest BCUT2D eigenvalue weighted by atomic mass is 9.95. The number of para-hydroxylation sites is 1. The fraction of sp³-hybridized carbons (Fsp3) is 0.0870. The molecule has 0 saturated heterocycles. The van der Waals surface area contributed by atoms with Crippen molar-refractivity contribution in [2.75, 3.05) is 5.32 Å². The minimum Gasteiger partial charge on any atom is -0.324 e. The third-order valence-electron chi connectivity index (χ3n) is 5.10. The van der Waals surface area contributed by atoms with Gasteiger partial charge in [-0.15, -0.1) is 0 Å². The largest absolute Gasteiger partial charge is 0.416 e. The molecular formula is C23H17F3N6. The molecule has 0 fully saturated rings. The average molecular weight is 434 g/mol. The summed E-state index contributed by atoms with van der Waals surface area (Å²) in [7, 11) is 0. The molecule has 160 valence electrons.